The Labute approximate surface area is 198 Å². The minimum atomic E-state index is -3.02. The Balaban J connectivity index is 1.65. The summed E-state index contributed by atoms with van der Waals surface area (Å²) in [5, 5.41) is 5.76. The molecule has 0 unspecified atom stereocenters. The summed E-state index contributed by atoms with van der Waals surface area (Å²) in [6, 6.07) is 10.2. The molecule has 1 aromatic heterocycles. The number of hydrogen-bond acceptors (Lipinski definition) is 6. The van der Waals surface area contributed by atoms with Crippen molar-refractivity contribution in [2.24, 2.45) is 13.0 Å². The van der Waals surface area contributed by atoms with Gasteiger partial charge < -0.3 is 19.9 Å². The van der Waals surface area contributed by atoms with Crippen LogP contribution >= 0.6 is 0 Å². The number of aryl methyl sites for hydroxylation is 2. The summed E-state index contributed by atoms with van der Waals surface area (Å²) in [7, 11) is 0.352. The highest BCUT2D eigenvalue weighted by Crippen LogP contribution is 2.28. The zero-order chi connectivity index (χ0) is 24.5. The number of rotatable bonds is 7. The number of fused-ring (bicyclic) bond motifs is 1. The second-order valence-electron chi connectivity index (χ2n) is 8.47. The summed E-state index contributed by atoms with van der Waals surface area (Å²) in [4.78, 5) is 30.7. The van der Waals surface area contributed by atoms with Gasteiger partial charge in [0.1, 0.15) is 11.6 Å². The molecule has 1 aliphatic rings. The van der Waals surface area contributed by atoms with Gasteiger partial charge in [0.15, 0.2) is 9.84 Å². The number of nitrogens with zero attached hydrogens (tertiary/aromatic N) is 2. The molecule has 4 rings (SSSR count). The molecule has 0 bridgehead atoms. The van der Waals surface area contributed by atoms with E-state index in [0.29, 0.717) is 46.4 Å². The van der Waals surface area contributed by atoms with Crippen molar-refractivity contribution in [3.05, 3.63) is 53.3 Å². The van der Waals surface area contributed by atoms with E-state index >= 15 is 0 Å². The predicted octanol–water partition coefficient (Wildman–Crippen LogP) is 2.56. The van der Waals surface area contributed by atoms with E-state index in [-0.39, 0.29) is 35.8 Å². The molecule has 0 saturated carbocycles. The van der Waals surface area contributed by atoms with Crippen LogP contribution in [0.25, 0.3) is 11.0 Å². The summed E-state index contributed by atoms with van der Waals surface area (Å²) in [5.74, 6) is 0.699. The van der Waals surface area contributed by atoms with Crippen molar-refractivity contribution in [3.8, 4) is 5.75 Å². The number of sulfone groups is 1. The number of hydrogen-bond donors (Lipinski definition) is 2. The Morgan fingerprint density at radius 3 is 2.65 bits per heavy atom. The average Bonchev–Trinajstić information content (AvgIpc) is 3.35. The van der Waals surface area contributed by atoms with Gasteiger partial charge in [-0.05, 0) is 36.6 Å². The highest BCUT2D eigenvalue weighted by Gasteiger charge is 2.28. The first-order chi connectivity index (χ1) is 16.2. The molecule has 3 aromatic rings. The minimum absolute atomic E-state index is 0.0899. The molecule has 1 aliphatic heterocycles. The van der Waals surface area contributed by atoms with Crippen molar-refractivity contribution in [2.45, 2.75) is 19.8 Å². The lowest BCUT2D eigenvalue weighted by atomic mass is 10.1. The lowest BCUT2D eigenvalue weighted by Gasteiger charge is -2.13. The number of aromatic nitrogens is 2. The number of carbonyl (C=O) groups is 2. The van der Waals surface area contributed by atoms with E-state index in [1.54, 1.807) is 36.4 Å². The lowest BCUT2D eigenvalue weighted by molar-refractivity contribution is 0.0947. The van der Waals surface area contributed by atoms with Crippen LogP contribution in [-0.2, 0) is 23.3 Å². The van der Waals surface area contributed by atoms with Crippen LogP contribution in [0.1, 0.15) is 39.9 Å². The standard InChI is InChI=1S/C24H28N4O5S/c1-4-21-26-18-11-16(23(29)25-13-15-9-10-34(31,32)14-15)12-19(22(18)28(21)2)27-24(30)17-7-5-6-8-20(17)33-3/h5-8,11-12,15H,4,9-10,13-14H2,1-3H3,(H,25,29)(H,27,30)/t15-/m0/s1. The number of anilines is 1. The molecule has 2 N–H and O–H groups in total. The summed E-state index contributed by atoms with van der Waals surface area (Å²) >= 11 is 0. The van der Waals surface area contributed by atoms with Gasteiger partial charge in [0.25, 0.3) is 11.8 Å². The molecule has 180 valence electrons. The Morgan fingerprint density at radius 2 is 1.97 bits per heavy atom. The zero-order valence-electron chi connectivity index (χ0n) is 19.4. The van der Waals surface area contributed by atoms with Gasteiger partial charge in [0.2, 0.25) is 0 Å². The summed E-state index contributed by atoms with van der Waals surface area (Å²) in [6.45, 7) is 2.26. The molecule has 2 heterocycles. The second-order valence-corrected chi connectivity index (χ2v) is 10.7. The smallest absolute Gasteiger partial charge is 0.259 e. The molecule has 0 spiro atoms. The molecule has 10 heteroatoms. The Bertz CT molecular complexity index is 1360. The molecule has 1 atom stereocenters. The quantitative estimate of drug-likeness (QED) is 0.532. The van der Waals surface area contributed by atoms with Crippen LogP contribution in [0.5, 0.6) is 5.75 Å². The predicted molar refractivity (Wildman–Crippen MR) is 130 cm³/mol. The lowest BCUT2D eigenvalue weighted by Crippen LogP contribution is -2.30. The molecule has 0 aliphatic carbocycles. The maximum absolute atomic E-state index is 13.1. The number of methoxy groups -OCH3 is 1. The molecular formula is C24H28N4O5S. The van der Waals surface area contributed by atoms with Crippen LogP contribution < -0.4 is 15.4 Å². The number of amides is 2. The Morgan fingerprint density at radius 1 is 1.21 bits per heavy atom. The maximum atomic E-state index is 13.1. The third-order valence-electron chi connectivity index (χ3n) is 6.12. The first-order valence-electron chi connectivity index (χ1n) is 11.1. The number of carbonyl (C=O) groups excluding carboxylic acids is 2. The largest absolute Gasteiger partial charge is 0.496 e. The fraction of sp³-hybridized carbons (Fsp3) is 0.375. The van der Waals surface area contributed by atoms with E-state index in [1.165, 1.54) is 7.11 Å². The fourth-order valence-electron chi connectivity index (χ4n) is 4.34. The highest BCUT2D eigenvalue weighted by molar-refractivity contribution is 7.91. The van der Waals surface area contributed by atoms with Crippen LogP contribution in [0.4, 0.5) is 5.69 Å². The molecule has 2 amide bonds. The van der Waals surface area contributed by atoms with Gasteiger partial charge in [-0.2, -0.15) is 0 Å². The van der Waals surface area contributed by atoms with Crippen molar-refractivity contribution >= 4 is 38.4 Å². The van der Waals surface area contributed by atoms with Gasteiger partial charge in [-0.1, -0.05) is 19.1 Å². The molecule has 2 aromatic carbocycles. The monoisotopic (exact) mass is 484 g/mol. The van der Waals surface area contributed by atoms with Crippen LogP contribution in [0.15, 0.2) is 36.4 Å². The molecule has 9 nitrogen and oxygen atoms in total. The van der Waals surface area contributed by atoms with Crippen LogP contribution in [0.2, 0.25) is 0 Å². The topological polar surface area (TPSA) is 119 Å². The van der Waals surface area contributed by atoms with Gasteiger partial charge in [0.05, 0.1) is 40.9 Å². The van der Waals surface area contributed by atoms with Crippen molar-refractivity contribution in [1.29, 1.82) is 0 Å². The van der Waals surface area contributed by atoms with E-state index in [2.05, 4.69) is 15.6 Å². The van der Waals surface area contributed by atoms with Crippen molar-refractivity contribution in [3.63, 3.8) is 0 Å². The molecule has 34 heavy (non-hydrogen) atoms. The van der Waals surface area contributed by atoms with Crippen LogP contribution in [0.3, 0.4) is 0 Å². The summed E-state index contributed by atoms with van der Waals surface area (Å²) in [6.07, 6.45) is 1.23. The minimum Gasteiger partial charge on any atom is -0.496 e. The SMILES string of the molecule is CCc1nc2cc(C(=O)NC[C@@H]3CCS(=O)(=O)C3)cc(NC(=O)c3ccccc3OC)c2n1C. The van der Waals surface area contributed by atoms with Crippen molar-refractivity contribution in [1.82, 2.24) is 14.9 Å². The van der Waals surface area contributed by atoms with E-state index in [1.807, 2.05) is 18.5 Å². The second kappa shape index (κ2) is 9.46. The Hall–Kier alpha value is -3.40. The molecular weight excluding hydrogens is 456 g/mol. The fourth-order valence-corrected chi connectivity index (χ4v) is 6.20. The third kappa shape index (κ3) is 4.77. The molecule has 1 saturated heterocycles. The number of para-hydroxylation sites is 1. The Kier molecular flexibility index (Phi) is 6.60. The van der Waals surface area contributed by atoms with E-state index < -0.39 is 9.84 Å². The van der Waals surface area contributed by atoms with E-state index in [4.69, 9.17) is 4.74 Å². The van der Waals surface area contributed by atoms with Crippen molar-refractivity contribution < 1.29 is 22.7 Å². The van der Waals surface area contributed by atoms with Gasteiger partial charge >= 0.3 is 0 Å². The van der Waals surface area contributed by atoms with Gasteiger partial charge in [-0.25, -0.2) is 13.4 Å². The van der Waals surface area contributed by atoms with E-state index in [9.17, 15) is 18.0 Å². The molecule has 1 fully saturated rings. The number of imidazole rings is 1. The average molecular weight is 485 g/mol. The highest BCUT2D eigenvalue weighted by atomic mass is 32.2. The first-order valence-corrected chi connectivity index (χ1v) is 13.0. The normalized spacial score (nSPS) is 17.0. The van der Waals surface area contributed by atoms with Gasteiger partial charge in [-0.15, -0.1) is 0 Å². The molecule has 0 radical (unpaired) electrons. The van der Waals surface area contributed by atoms with Crippen LogP contribution in [-0.4, -0.2) is 54.9 Å². The number of ether oxygens (including phenoxy) is 1. The first kappa shape index (κ1) is 23.7. The number of benzene rings is 2. The number of nitrogens with one attached hydrogen (secondary N) is 2. The maximum Gasteiger partial charge on any atom is 0.259 e. The zero-order valence-corrected chi connectivity index (χ0v) is 20.2. The van der Waals surface area contributed by atoms with E-state index in [0.717, 1.165) is 5.82 Å². The van der Waals surface area contributed by atoms with Crippen LogP contribution in [0, 0.1) is 5.92 Å². The van der Waals surface area contributed by atoms with Gasteiger partial charge in [0, 0.05) is 25.6 Å². The van der Waals surface area contributed by atoms with Crippen molar-refractivity contribution in [2.75, 3.05) is 30.5 Å². The summed E-state index contributed by atoms with van der Waals surface area (Å²) in [5.41, 5.74) is 2.46. The van der Waals surface area contributed by atoms with Gasteiger partial charge in [-0.3, -0.25) is 9.59 Å². The summed E-state index contributed by atoms with van der Waals surface area (Å²) < 4.78 is 30.6. The third-order valence-corrected chi connectivity index (χ3v) is 7.96.